The smallest absolute Gasteiger partial charge is 0.406 e. The number of nitrogens with one attached hydrogen (secondary N) is 1. The number of nitrogens with zero attached hydrogens (tertiary/aromatic N) is 1. The Morgan fingerprint density at radius 1 is 1.29 bits per heavy atom. The molecule has 0 aromatic heterocycles. The van der Waals surface area contributed by atoms with Gasteiger partial charge >= 0.3 is 6.09 Å². The fourth-order valence-corrected chi connectivity index (χ4v) is 2.54. The number of amides is 1. The third-order valence-corrected chi connectivity index (χ3v) is 3.82. The molecule has 0 spiro atoms. The second-order valence-electron chi connectivity index (χ2n) is 5.10. The normalized spacial score (nSPS) is 17.8. The van der Waals surface area contributed by atoms with Crippen LogP contribution in [0.1, 0.15) is 11.1 Å². The summed E-state index contributed by atoms with van der Waals surface area (Å²) >= 11 is 0. The van der Waals surface area contributed by atoms with E-state index in [9.17, 15) is 4.79 Å². The molecule has 0 fully saturated rings. The van der Waals surface area contributed by atoms with Gasteiger partial charge in [-0.3, -0.25) is 4.90 Å². The van der Waals surface area contributed by atoms with Crippen LogP contribution in [-0.2, 0) is 17.7 Å². The van der Waals surface area contributed by atoms with Gasteiger partial charge in [-0.1, -0.05) is 0 Å². The summed E-state index contributed by atoms with van der Waals surface area (Å²) in [5.41, 5.74) is 2.42. The van der Waals surface area contributed by atoms with Crippen molar-refractivity contribution in [3.05, 3.63) is 23.3 Å². The van der Waals surface area contributed by atoms with Crippen LogP contribution < -0.4 is 14.8 Å². The monoisotopic (exact) mass is 294 g/mol. The van der Waals surface area contributed by atoms with Gasteiger partial charge in [-0.2, -0.15) is 0 Å². The summed E-state index contributed by atoms with van der Waals surface area (Å²) in [5, 5.41) is 2.46. The maximum absolute atomic E-state index is 11.2. The molecule has 0 bridgehead atoms. The molecule has 1 heterocycles. The molecule has 1 aromatic rings. The lowest BCUT2D eigenvalue weighted by atomic mass is 9.94. The van der Waals surface area contributed by atoms with Gasteiger partial charge in [-0.15, -0.1) is 0 Å². The molecule has 1 atom stereocenters. The van der Waals surface area contributed by atoms with Gasteiger partial charge in [0.05, 0.1) is 14.2 Å². The van der Waals surface area contributed by atoms with Crippen molar-refractivity contribution >= 4 is 6.09 Å². The Balaban J connectivity index is 2.15. The first kappa shape index (κ1) is 15.4. The highest BCUT2D eigenvalue weighted by Gasteiger charge is 2.26. The fraction of sp³-hybridized carbons (Fsp3) is 0.533. The second kappa shape index (κ2) is 6.67. The van der Waals surface area contributed by atoms with E-state index in [1.807, 2.05) is 19.2 Å². The number of likely N-dealkylation sites (N-methyl/N-ethyl adjacent to an activating group) is 1. The number of benzene rings is 1. The van der Waals surface area contributed by atoms with Crippen LogP contribution >= 0.6 is 0 Å². The summed E-state index contributed by atoms with van der Waals surface area (Å²) < 4.78 is 15.9. The number of carbonyl (C=O) groups is 1. The maximum atomic E-state index is 11.2. The Kier molecular flexibility index (Phi) is 4.90. The summed E-state index contributed by atoms with van der Waals surface area (Å²) in [6.45, 7) is 1.15. The summed E-state index contributed by atoms with van der Waals surface area (Å²) in [6.07, 6.45) is 0.407. The summed E-state index contributed by atoms with van der Waals surface area (Å²) in [4.78, 5) is 13.4. The molecule has 2 rings (SSSR count). The lowest BCUT2D eigenvalue weighted by molar-refractivity contribution is 0.0941. The molecule has 0 radical (unpaired) electrons. The molecule has 6 heteroatoms. The zero-order valence-electron chi connectivity index (χ0n) is 12.9. The van der Waals surface area contributed by atoms with Crippen LogP contribution in [0.15, 0.2) is 12.1 Å². The predicted octanol–water partition coefficient (Wildman–Crippen LogP) is 1.42. The lowest BCUT2D eigenvalue weighted by Crippen LogP contribution is -2.41. The first-order chi connectivity index (χ1) is 10.1. The standard InChI is InChI=1S/C15H22N2O4/c1-16-15(18)21-9-12-5-10-6-13(19-3)14(20-4)7-11(10)8-17(12)2/h6-7,12H,5,8-9H2,1-4H3,(H,16,18). The summed E-state index contributed by atoms with van der Waals surface area (Å²) in [5.74, 6) is 1.47. The minimum atomic E-state index is -0.401. The first-order valence-electron chi connectivity index (χ1n) is 6.87. The van der Waals surface area contributed by atoms with Gasteiger partial charge in [0.2, 0.25) is 0 Å². The van der Waals surface area contributed by atoms with E-state index in [0.717, 1.165) is 24.5 Å². The third-order valence-electron chi connectivity index (χ3n) is 3.82. The molecule has 1 aromatic carbocycles. The van der Waals surface area contributed by atoms with Crippen molar-refractivity contribution in [3.8, 4) is 11.5 Å². The molecule has 0 saturated heterocycles. The molecular weight excluding hydrogens is 272 g/mol. The van der Waals surface area contributed by atoms with E-state index in [1.165, 1.54) is 11.1 Å². The van der Waals surface area contributed by atoms with Gasteiger partial charge in [-0.05, 0) is 36.7 Å². The fourth-order valence-electron chi connectivity index (χ4n) is 2.54. The number of rotatable bonds is 4. The van der Waals surface area contributed by atoms with Crippen LogP contribution in [0.3, 0.4) is 0 Å². The summed E-state index contributed by atoms with van der Waals surface area (Å²) in [7, 11) is 6.85. The van der Waals surface area contributed by atoms with Crippen LogP contribution in [0.4, 0.5) is 4.79 Å². The van der Waals surface area contributed by atoms with Gasteiger partial charge in [0.15, 0.2) is 11.5 Å². The average Bonchev–Trinajstić information content (AvgIpc) is 2.51. The van der Waals surface area contributed by atoms with Crippen molar-refractivity contribution in [2.75, 3.05) is 34.9 Å². The molecule has 21 heavy (non-hydrogen) atoms. The molecule has 0 aliphatic carbocycles. The number of hydrogen-bond donors (Lipinski definition) is 1. The Morgan fingerprint density at radius 2 is 1.90 bits per heavy atom. The summed E-state index contributed by atoms with van der Waals surface area (Å²) in [6, 6.07) is 4.18. The van der Waals surface area contributed by atoms with Crippen molar-refractivity contribution in [1.82, 2.24) is 10.2 Å². The van der Waals surface area contributed by atoms with Crippen molar-refractivity contribution in [2.24, 2.45) is 0 Å². The number of hydrogen-bond acceptors (Lipinski definition) is 5. The molecule has 1 amide bonds. The molecule has 1 aliphatic rings. The number of fused-ring (bicyclic) bond motifs is 1. The minimum Gasteiger partial charge on any atom is -0.493 e. The molecule has 0 saturated carbocycles. The van der Waals surface area contributed by atoms with Gasteiger partial charge in [-0.25, -0.2) is 4.79 Å². The van der Waals surface area contributed by atoms with Crippen molar-refractivity contribution < 1.29 is 19.0 Å². The number of ether oxygens (including phenoxy) is 3. The molecule has 1 unspecified atom stereocenters. The minimum absolute atomic E-state index is 0.160. The lowest BCUT2D eigenvalue weighted by Gasteiger charge is -2.34. The SMILES string of the molecule is CNC(=O)OCC1Cc2cc(OC)c(OC)cc2CN1C. The van der Waals surface area contributed by atoms with E-state index in [0.29, 0.717) is 6.61 Å². The van der Waals surface area contributed by atoms with Crippen LogP contribution in [-0.4, -0.2) is 52.0 Å². The van der Waals surface area contributed by atoms with E-state index >= 15 is 0 Å². The van der Waals surface area contributed by atoms with Crippen LogP contribution in [0.25, 0.3) is 0 Å². The molecule has 116 valence electrons. The quantitative estimate of drug-likeness (QED) is 0.910. The second-order valence-corrected chi connectivity index (χ2v) is 5.10. The Labute approximate surface area is 125 Å². The van der Waals surface area contributed by atoms with E-state index in [4.69, 9.17) is 14.2 Å². The van der Waals surface area contributed by atoms with Crippen LogP contribution in [0, 0.1) is 0 Å². The van der Waals surface area contributed by atoms with E-state index in [1.54, 1.807) is 21.3 Å². The topological polar surface area (TPSA) is 60.0 Å². The number of methoxy groups -OCH3 is 2. The van der Waals surface area contributed by atoms with Crippen LogP contribution in [0.2, 0.25) is 0 Å². The van der Waals surface area contributed by atoms with Gasteiger partial charge < -0.3 is 19.5 Å². The first-order valence-corrected chi connectivity index (χ1v) is 6.87. The Morgan fingerprint density at radius 3 is 2.48 bits per heavy atom. The highest BCUT2D eigenvalue weighted by Crippen LogP contribution is 2.34. The van der Waals surface area contributed by atoms with Crippen molar-refractivity contribution in [1.29, 1.82) is 0 Å². The van der Waals surface area contributed by atoms with E-state index < -0.39 is 6.09 Å². The highest BCUT2D eigenvalue weighted by molar-refractivity contribution is 5.66. The van der Waals surface area contributed by atoms with Gasteiger partial charge in [0.25, 0.3) is 0 Å². The zero-order valence-corrected chi connectivity index (χ0v) is 12.9. The molecule has 1 N–H and O–H groups in total. The number of carbonyl (C=O) groups excluding carboxylic acids is 1. The Bertz CT molecular complexity index is 519. The van der Waals surface area contributed by atoms with E-state index in [2.05, 4.69) is 10.2 Å². The maximum Gasteiger partial charge on any atom is 0.406 e. The van der Waals surface area contributed by atoms with Gasteiger partial charge in [0, 0.05) is 19.6 Å². The van der Waals surface area contributed by atoms with Crippen molar-refractivity contribution in [2.45, 2.75) is 19.0 Å². The average molecular weight is 294 g/mol. The molecule has 1 aliphatic heterocycles. The van der Waals surface area contributed by atoms with Crippen molar-refractivity contribution in [3.63, 3.8) is 0 Å². The van der Waals surface area contributed by atoms with Gasteiger partial charge in [0.1, 0.15) is 6.61 Å². The largest absolute Gasteiger partial charge is 0.493 e. The third kappa shape index (κ3) is 3.39. The predicted molar refractivity (Wildman–Crippen MR) is 78.9 cm³/mol. The van der Waals surface area contributed by atoms with Crippen LogP contribution in [0.5, 0.6) is 11.5 Å². The molecular formula is C15H22N2O4. The highest BCUT2D eigenvalue weighted by atomic mass is 16.5. The Hall–Kier alpha value is -1.95. The van der Waals surface area contributed by atoms with E-state index in [-0.39, 0.29) is 6.04 Å². The molecule has 6 nitrogen and oxygen atoms in total. The zero-order chi connectivity index (χ0) is 15.4. The number of alkyl carbamates (subject to hydrolysis) is 1.